The van der Waals surface area contributed by atoms with Crippen LogP contribution < -0.4 is 0 Å². The number of quaternary nitrogens is 1. The van der Waals surface area contributed by atoms with Crippen molar-refractivity contribution < 1.29 is 30.6 Å². The molecule has 0 bridgehead atoms. The zero-order valence-electron chi connectivity index (χ0n) is 8.65. The van der Waals surface area contributed by atoms with E-state index in [1.165, 1.54) is 0 Å². The predicted molar refractivity (Wildman–Crippen MR) is 46.7 cm³/mol. The van der Waals surface area contributed by atoms with Crippen LogP contribution in [-0.2, 0) is 10.1 Å². The molecule has 0 aromatic heterocycles. The highest BCUT2D eigenvalue weighted by Gasteiger charge is 2.38. The maximum absolute atomic E-state index is 10.7. The van der Waals surface area contributed by atoms with E-state index in [1.807, 2.05) is 0 Å². The van der Waals surface area contributed by atoms with Crippen LogP contribution >= 0.6 is 0 Å². The molecular formula is C7H11F3N2O3S. The van der Waals surface area contributed by atoms with E-state index >= 15 is 0 Å². The van der Waals surface area contributed by atoms with Gasteiger partial charge < -0.3 is 9.04 Å². The summed E-state index contributed by atoms with van der Waals surface area (Å²) in [6.07, 6.45) is 1.09. The monoisotopic (exact) mass is 260 g/mol. The standard InChI is InChI=1S/C6H11N2.CHF3O3S/c1-8(2)4-3-6(8)5-7;2-1(3,4)8(5,6)7/h6H,3-4H2,1-2H3;(H,5,6,7)/q+1;/p-1. The lowest BCUT2D eigenvalue weighted by Crippen LogP contribution is -2.58. The summed E-state index contributed by atoms with van der Waals surface area (Å²) in [7, 11) is -1.90. The molecule has 5 nitrogen and oxygen atoms in total. The minimum atomic E-state index is -6.09. The molecule has 0 amide bonds. The lowest BCUT2D eigenvalue weighted by atomic mass is 10.0. The Hall–Kier alpha value is -0.850. The van der Waals surface area contributed by atoms with E-state index in [2.05, 4.69) is 20.2 Å². The van der Waals surface area contributed by atoms with Crippen LogP contribution in [0.4, 0.5) is 13.2 Å². The maximum Gasteiger partial charge on any atom is 0.485 e. The molecule has 0 saturated carbocycles. The van der Waals surface area contributed by atoms with E-state index in [1.54, 1.807) is 0 Å². The minimum absolute atomic E-state index is 0.273. The van der Waals surface area contributed by atoms with E-state index in [-0.39, 0.29) is 6.04 Å². The van der Waals surface area contributed by atoms with Crippen molar-refractivity contribution in [1.82, 2.24) is 0 Å². The van der Waals surface area contributed by atoms with Crippen molar-refractivity contribution in [3.8, 4) is 6.07 Å². The zero-order valence-corrected chi connectivity index (χ0v) is 9.47. The van der Waals surface area contributed by atoms with Gasteiger partial charge in [-0.05, 0) is 0 Å². The highest BCUT2D eigenvalue weighted by atomic mass is 32.2. The van der Waals surface area contributed by atoms with Gasteiger partial charge in [0.25, 0.3) is 0 Å². The van der Waals surface area contributed by atoms with Crippen molar-refractivity contribution in [3.05, 3.63) is 0 Å². The normalized spacial score (nSPS) is 23.4. The fraction of sp³-hybridized carbons (Fsp3) is 0.857. The largest absolute Gasteiger partial charge is 0.741 e. The van der Waals surface area contributed by atoms with Gasteiger partial charge in [0.15, 0.2) is 16.2 Å². The van der Waals surface area contributed by atoms with Crippen molar-refractivity contribution >= 4 is 10.1 Å². The van der Waals surface area contributed by atoms with Crippen molar-refractivity contribution in [2.75, 3.05) is 20.6 Å². The minimum Gasteiger partial charge on any atom is -0.741 e. The summed E-state index contributed by atoms with van der Waals surface area (Å²) in [4.78, 5) is 0. The topological polar surface area (TPSA) is 81.0 Å². The summed E-state index contributed by atoms with van der Waals surface area (Å²) in [6, 6.07) is 2.54. The molecule has 1 unspecified atom stereocenters. The van der Waals surface area contributed by atoms with Gasteiger partial charge in [0, 0.05) is 0 Å². The average Bonchev–Trinajstić information content (AvgIpc) is 2.00. The third kappa shape index (κ3) is 3.96. The molecule has 1 fully saturated rings. The molecule has 1 aliphatic rings. The second-order valence-corrected chi connectivity index (χ2v) is 5.21. The fourth-order valence-electron chi connectivity index (χ4n) is 0.995. The molecule has 1 heterocycles. The van der Waals surface area contributed by atoms with Gasteiger partial charge in [-0.25, -0.2) is 8.42 Å². The molecule has 94 valence electrons. The highest BCUT2D eigenvalue weighted by molar-refractivity contribution is 7.86. The highest BCUT2D eigenvalue weighted by Crippen LogP contribution is 2.21. The number of rotatable bonds is 0. The SMILES string of the molecule is C[N+]1(C)CCC1C#N.O=S(=O)([O-])C(F)(F)F. The Morgan fingerprint density at radius 3 is 1.81 bits per heavy atom. The molecule has 0 aromatic carbocycles. The van der Waals surface area contributed by atoms with E-state index in [4.69, 9.17) is 18.2 Å². The lowest BCUT2D eigenvalue weighted by molar-refractivity contribution is -0.946. The number of hydrogen-bond donors (Lipinski definition) is 0. The molecule has 0 aliphatic carbocycles. The predicted octanol–water partition coefficient (Wildman–Crippen LogP) is 0.410. The number of nitriles is 1. The Labute approximate surface area is 91.4 Å². The molecule has 9 heteroatoms. The summed E-state index contributed by atoms with van der Waals surface area (Å²) < 4.78 is 59.8. The third-order valence-electron chi connectivity index (χ3n) is 2.26. The molecule has 0 spiro atoms. The average molecular weight is 260 g/mol. The number of nitrogens with zero attached hydrogens (tertiary/aromatic N) is 2. The van der Waals surface area contributed by atoms with Gasteiger partial charge in [0.1, 0.15) is 6.07 Å². The lowest BCUT2D eigenvalue weighted by Gasteiger charge is -2.42. The quantitative estimate of drug-likeness (QED) is 0.359. The zero-order chi connectivity index (χ0) is 13.2. The Kier molecular flexibility index (Phi) is 4.32. The van der Waals surface area contributed by atoms with Gasteiger partial charge in [-0.3, -0.25) is 0 Å². The van der Waals surface area contributed by atoms with Gasteiger partial charge in [-0.1, -0.05) is 0 Å². The fourth-order valence-corrected chi connectivity index (χ4v) is 0.995. The molecule has 0 radical (unpaired) electrons. The first-order valence-corrected chi connectivity index (χ1v) is 5.57. The third-order valence-corrected chi connectivity index (χ3v) is 2.82. The van der Waals surface area contributed by atoms with Crippen LogP contribution in [0.25, 0.3) is 0 Å². The first kappa shape index (κ1) is 15.2. The molecule has 0 N–H and O–H groups in total. The smallest absolute Gasteiger partial charge is 0.485 e. The molecule has 1 atom stereocenters. The molecule has 1 rings (SSSR count). The second kappa shape index (κ2) is 4.57. The van der Waals surface area contributed by atoms with Gasteiger partial charge >= 0.3 is 5.51 Å². The molecule has 0 aromatic rings. The summed E-state index contributed by atoms with van der Waals surface area (Å²) in [5.41, 5.74) is -5.65. The Bertz CT molecular complexity index is 383. The number of hydrogen-bond acceptors (Lipinski definition) is 4. The Balaban J connectivity index is 0.000000281. The van der Waals surface area contributed by atoms with E-state index < -0.39 is 15.6 Å². The van der Waals surface area contributed by atoms with Crippen LogP contribution in [0.2, 0.25) is 0 Å². The van der Waals surface area contributed by atoms with E-state index in [9.17, 15) is 13.2 Å². The van der Waals surface area contributed by atoms with Crippen LogP contribution in [0.1, 0.15) is 6.42 Å². The second-order valence-electron chi connectivity index (χ2n) is 3.84. The number of halogens is 3. The van der Waals surface area contributed by atoms with Crippen molar-refractivity contribution in [2.45, 2.75) is 18.0 Å². The van der Waals surface area contributed by atoms with Gasteiger partial charge in [0.2, 0.25) is 0 Å². The first-order valence-electron chi connectivity index (χ1n) is 4.16. The maximum atomic E-state index is 10.7. The van der Waals surface area contributed by atoms with Crippen LogP contribution in [0.5, 0.6) is 0 Å². The van der Waals surface area contributed by atoms with Crippen molar-refractivity contribution in [2.24, 2.45) is 0 Å². The van der Waals surface area contributed by atoms with Crippen LogP contribution in [0.3, 0.4) is 0 Å². The molecule has 1 aliphatic heterocycles. The van der Waals surface area contributed by atoms with Crippen LogP contribution in [-0.4, -0.2) is 49.6 Å². The molecular weight excluding hydrogens is 249 g/mol. The first-order chi connectivity index (χ1) is 6.92. The summed E-state index contributed by atoms with van der Waals surface area (Å²) in [5, 5.41) is 8.46. The number of likely N-dealkylation sites (tertiary alicyclic amines) is 1. The van der Waals surface area contributed by atoms with Crippen molar-refractivity contribution in [3.63, 3.8) is 0 Å². The summed E-state index contributed by atoms with van der Waals surface area (Å²) in [5.74, 6) is 0. The Morgan fingerprint density at radius 2 is 1.81 bits per heavy atom. The molecule has 1 saturated heterocycles. The van der Waals surface area contributed by atoms with Gasteiger partial charge in [-0.15, -0.1) is 0 Å². The Morgan fingerprint density at radius 1 is 1.44 bits per heavy atom. The van der Waals surface area contributed by atoms with E-state index in [0.29, 0.717) is 0 Å². The van der Waals surface area contributed by atoms with Gasteiger partial charge in [0.05, 0.1) is 27.1 Å². The van der Waals surface area contributed by atoms with Gasteiger partial charge in [-0.2, -0.15) is 18.4 Å². The number of alkyl halides is 3. The van der Waals surface area contributed by atoms with Crippen molar-refractivity contribution in [1.29, 1.82) is 5.26 Å². The van der Waals surface area contributed by atoms with E-state index in [0.717, 1.165) is 17.4 Å². The summed E-state index contributed by atoms with van der Waals surface area (Å²) >= 11 is 0. The summed E-state index contributed by atoms with van der Waals surface area (Å²) in [6.45, 7) is 1.16. The molecule has 16 heavy (non-hydrogen) atoms. The van der Waals surface area contributed by atoms with Crippen LogP contribution in [0.15, 0.2) is 0 Å². The van der Waals surface area contributed by atoms with Crippen LogP contribution in [0, 0.1) is 11.3 Å².